The molecule has 0 N–H and O–H groups in total. The molecule has 0 saturated carbocycles. The van der Waals surface area contributed by atoms with Crippen molar-refractivity contribution in [1.29, 1.82) is 0 Å². The first kappa shape index (κ1) is 16.8. The number of carbonyl (C=O) groups excluding carboxylic acids is 1. The summed E-state index contributed by atoms with van der Waals surface area (Å²) in [6, 6.07) is 9.89. The van der Waals surface area contributed by atoms with Gasteiger partial charge in [-0.1, -0.05) is 30.0 Å². The number of hydrogen-bond donors (Lipinski definition) is 0. The van der Waals surface area contributed by atoms with Crippen molar-refractivity contribution in [2.24, 2.45) is 9.98 Å². The molecule has 0 saturated heterocycles. The molecule has 0 unspecified atom stereocenters. The molecule has 2 aromatic rings. The maximum Gasteiger partial charge on any atom is 0.316 e. The predicted octanol–water partition coefficient (Wildman–Crippen LogP) is 2.62. The maximum atomic E-state index is 11.8. The van der Waals surface area contributed by atoms with Crippen LogP contribution in [-0.2, 0) is 9.53 Å². The van der Waals surface area contributed by atoms with Crippen LogP contribution in [0.1, 0.15) is 18.9 Å². The van der Waals surface area contributed by atoms with E-state index in [1.165, 1.54) is 11.8 Å². The molecule has 0 atom stereocenters. The number of fused-ring (bicyclic) bond motifs is 3. The molecule has 26 heavy (non-hydrogen) atoms. The average molecular weight is 369 g/mol. The Morgan fingerprint density at radius 1 is 1.31 bits per heavy atom. The van der Waals surface area contributed by atoms with Crippen molar-refractivity contribution in [3.05, 3.63) is 42.1 Å². The van der Waals surface area contributed by atoms with E-state index in [9.17, 15) is 4.79 Å². The van der Waals surface area contributed by atoms with Crippen LogP contribution in [0.25, 0.3) is 5.69 Å². The summed E-state index contributed by atoms with van der Waals surface area (Å²) in [6.45, 7) is 3.81. The van der Waals surface area contributed by atoms with Crippen LogP contribution in [0.2, 0.25) is 0 Å². The minimum Gasteiger partial charge on any atom is -0.465 e. The lowest BCUT2D eigenvalue weighted by molar-refractivity contribution is -0.139. The van der Waals surface area contributed by atoms with Crippen molar-refractivity contribution in [2.75, 3.05) is 25.4 Å². The molecule has 0 aliphatic carbocycles. The normalized spacial score (nSPS) is 15.7. The molecule has 1 aromatic heterocycles. The molecule has 0 radical (unpaired) electrons. The number of aliphatic imine (C=N–C) groups is 2. The second-order valence-corrected chi connectivity index (χ2v) is 6.77. The number of amidine groups is 2. The van der Waals surface area contributed by atoms with E-state index in [0.29, 0.717) is 6.61 Å². The van der Waals surface area contributed by atoms with E-state index in [2.05, 4.69) is 10.00 Å². The third kappa shape index (κ3) is 3.12. The molecule has 0 amide bonds. The fraction of sp³-hybridized carbons (Fsp3) is 0.333. The average Bonchev–Trinajstić information content (AvgIpc) is 3.11. The zero-order chi connectivity index (χ0) is 17.9. The van der Waals surface area contributed by atoms with Gasteiger partial charge in [0.25, 0.3) is 0 Å². The highest BCUT2D eigenvalue weighted by molar-refractivity contribution is 8.14. The molecule has 8 heteroatoms. The van der Waals surface area contributed by atoms with E-state index < -0.39 is 0 Å². The van der Waals surface area contributed by atoms with E-state index >= 15 is 0 Å². The number of rotatable bonds is 4. The summed E-state index contributed by atoms with van der Waals surface area (Å²) in [5.41, 5.74) is 1.87. The van der Waals surface area contributed by atoms with Gasteiger partial charge in [0, 0.05) is 13.1 Å². The Labute approximate surface area is 155 Å². The summed E-state index contributed by atoms with van der Waals surface area (Å²) in [5.74, 6) is 1.62. The van der Waals surface area contributed by atoms with Gasteiger partial charge in [-0.25, -0.2) is 9.67 Å². The Morgan fingerprint density at radius 3 is 2.96 bits per heavy atom. The summed E-state index contributed by atoms with van der Waals surface area (Å²) < 4.78 is 6.85. The van der Waals surface area contributed by atoms with Gasteiger partial charge in [0.2, 0.25) is 0 Å². The van der Waals surface area contributed by atoms with Crippen LogP contribution in [0.3, 0.4) is 0 Å². The molecule has 1 aromatic carbocycles. The van der Waals surface area contributed by atoms with Gasteiger partial charge in [-0.3, -0.25) is 9.79 Å². The molecule has 0 bridgehead atoms. The van der Waals surface area contributed by atoms with Crippen molar-refractivity contribution in [3.63, 3.8) is 0 Å². The van der Waals surface area contributed by atoms with E-state index in [-0.39, 0.29) is 11.7 Å². The molecule has 134 valence electrons. The van der Waals surface area contributed by atoms with Gasteiger partial charge in [-0.2, -0.15) is 5.10 Å². The highest BCUT2D eigenvalue weighted by Gasteiger charge is 2.31. The third-order valence-corrected chi connectivity index (χ3v) is 5.05. The largest absolute Gasteiger partial charge is 0.465 e. The predicted molar refractivity (Wildman–Crippen MR) is 102 cm³/mol. The lowest BCUT2D eigenvalue weighted by Gasteiger charge is -2.32. The topological polar surface area (TPSA) is 72.1 Å². The van der Waals surface area contributed by atoms with Crippen molar-refractivity contribution >= 4 is 34.6 Å². The summed E-state index contributed by atoms with van der Waals surface area (Å²) in [5, 5.41) is 5.28. The second kappa shape index (κ2) is 7.33. The third-order valence-electron chi connectivity index (χ3n) is 4.10. The highest BCUT2D eigenvalue weighted by Crippen LogP contribution is 2.33. The Hall–Kier alpha value is -2.61. The minimum atomic E-state index is -0.238. The summed E-state index contributed by atoms with van der Waals surface area (Å²) >= 11 is 1.38. The van der Waals surface area contributed by atoms with E-state index in [1.54, 1.807) is 6.92 Å². The standard InChI is InChI=1S/C18H19N5O2S/c1-2-25-15(24)12-26-18-21-17-14(16-19-9-6-10-22(16)18)11-20-23(17)13-7-4-3-5-8-13/h3-5,7-8,11H,2,6,9-10,12H2,1H3. The number of esters is 1. The van der Waals surface area contributed by atoms with Gasteiger partial charge in [-0.15, -0.1) is 0 Å². The first-order valence-electron chi connectivity index (χ1n) is 8.61. The SMILES string of the molecule is CCOC(=O)CSC1=Nc2c(cnn2-c2ccccc2)C2=NCCCN12. The maximum absolute atomic E-state index is 11.8. The van der Waals surface area contributed by atoms with Crippen molar-refractivity contribution < 1.29 is 9.53 Å². The van der Waals surface area contributed by atoms with Crippen molar-refractivity contribution in [3.8, 4) is 5.69 Å². The Bertz CT molecular complexity index is 875. The van der Waals surface area contributed by atoms with Crippen LogP contribution in [0.4, 0.5) is 5.82 Å². The lowest BCUT2D eigenvalue weighted by atomic mass is 10.2. The first-order valence-corrected chi connectivity index (χ1v) is 9.59. The molecular formula is C18H19N5O2S. The van der Waals surface area contributed by atoms with Gasteiger partial charge in [-0.05, 0) is 25.5 Å². The van der Waals surface area contributed by atoms with Crippen LogP contribution in [0.5, 0.6) is 0 Å². The Morgan fingerprint density at radius 2 is 2.15 bits per heavy atom. The number of benzene rings is 1. The fourth-order valence-corrected chi connectivity index (χ4v) is 3.79. The summed E-state index contributed by atoms with van der Waals surface area (Å²) in [6.07, 6.45) is 2.78. The monoisotopic (exact) mass is 369 g/mol. The van der Waals surface area contributed by atoms with Crippen LogP contribution in [-0.4, -0.2) is 57.1 Å². The van der Waals surface area contributed by atoms with E-state index in [4.69, 9.17) is 14.7 Å². The molecular weight excluding hydrogens is 350 g/mol. The lowest BCUT2D eigenvalue weighted by Crippen LogP contribution is -2.42. The Kier molecular flexibility index (Phi) is 4.75. The molecule has 0 spiro atoms. The number of para-hydroxylation sites is 1. The minimum absolute atomic E-state index is 0.227. The molecule has 4 rings (SSSR count). The van der Waals surface area contributed by atoms with Gasteiger partial charge in [0.15, 0.2) is 11.0 Å². The van der Waals surface area contributed by atoms with Crippen LogP contribution in [0, 0.1) is 0 Å². The number of carbonyl (C=O) groups is 1. The zero-order valence-corrected chi connectivity index (χ0v) is 15.3. The number of nitrogens with zero attached hydrogens (tertiary/aromatic N) is 5. The fourth-order valence-electron chi connectivity index (χ4n) is 2.97. The van der Waals surface area contributed by atoms with Crippen molar-refractivity contribution in [1.82, 2.24) is 14.7 Å². The summed E-state index contributed by atoms with van der Waals surface area (Å²) in [7, 11) is 0. The quantitative estimate of drug-likeness (QED) is 0.775. The molecule has 2 aliphatic rings. The smallest absolute Gasteiger partial charge is 0.316 e. The van der Waals surface area contributed by atoms with Crippen molar-refractivity contribution in [2.45, 2.75) is 13.3 Å². The number of aromatic nitrogens is 2. The molecule has 7 nitrogen and oxygen atoms in total. The van der Waals surface area contributed by atoms with Gasteiger partial charge in [0.1, 0.15) is 5.84 Å². The van der Waals surface area contributed by atoms with Crippen LogP contribution < -0.4 is 0 Å². The van der Waals surface area contributed by atoms with E-state index in [0.717, 1.165) is 47.6 Å². The highest BCUT2D eigenvalue weighted by atomic mass is 32.2. The second-order valence-electron chi connectivity index (χ2n) is 5.83. The molecule has 0 fully saturated rings. The van der Waals surface area contributed by atoms with Gasteiger partial charge >= 0.3 is 5.97 Å². The van der Waals surface area contributed by atoms with Gasteiger partial charge < -0.3 is 9.64 Å². The molecule has 3 heterocycles. The summed E-state index contributed by atoms with van der Waals surface area (Å²) in [4.78, 5) is 23.3. The van der Waals surface area contributed by atoms with Crippen LogP contribution in [0.15, 0.2) is 46.5 Å². The molecule has 2 aliphatic heterocycles. The number of hydrogen-bond acceptors (Lipinski definition) is 7. The van der Waals surface area contributed by atoms with Gasteiger partial charge in [0.05, 0.1) is 29.8 Å². The van der Waals surface area contributed by atoms with Crippen LogP contribution >= 0.6 is 11.8 Å². The number of ether oxygens (including phenoxy) is 1. The number of thioether (sulfide) groups is 1. The zero-order valence-electron chi connectivity index (χ0n) is 14.5. The first-order chi connectivity index (χ1) is 12.8. The Balaban J connectivity index is 1.71. The van der Waals surface area contributed by atoms with E-state index in [1.807, 2.05) is 41.2 Å².